The van der Waals surface area contributed by atoms with E-state index >= 15 is 0 Å². The van der Waals surface area contributed by atoms with E-state index in [4.69, 9.17) is 24.1 Å². The van der Waals surface area contributed by atoms with Crippen LogP contribution in [-0.2, 0) is 16.0 Å². The van der Waals surface area contributed by atoms with Gasteiger partial charge in [-0.3, -0.25) is 4.79 Å². The summed E-state index contributed by atoms with van der Waals surface area (Å²) in [5.74, 6) is 0.816. The first-order valence-corrected chi connectivity index (χ1v) is 11.1. The molecule has 0 saturated carbocycles. The minimum Gasteiger partial charge on any atom is -0.497 e. The molecule has 0 fully saturated rings. The number of amides is 1. The van der Waals surface area contributed by atoms with E-state index in [1.165, 1.54) is 7.11 Å². The number of anilines is 1. The van der Waals surface area contributed by atoms with E-state index < -0.39 is 12.1 Å². The van der Waals surface area contributed by atoms with Gasteiger partial charge in [0.05, 0.1) is 20.3 Å². The Kier molecular flexibility index (Phi) is 9.50. The molecule has 8 heteroatoms. The molecule has 35 heavy (non-hydrogen) atoms. The molecule has 3 aromatic carbocycles. The fourth-order valence-electron chi connectivity index (χ4n) is 3.25. The van der Waals surface area contributed by atoms with Crippen molar-refractivity contribution in [3.05, 3.63) is 83.9 Å². The van der Waals surface area contributed by atoms with E-state index in [-0.39, 0.29) is 5.91 Å². The average molecular weight is 480 g/mol. The first-order chi connectivity index (χ1) is 17.0. The third-order valence-electron chi connectivity index (χ3n) is 5.17. The van der Waals surface area contributed by atoms with E-state index in [9.17, 15) is 9.59 Å². The molecule has 1 atom stereocenters. The van der Waals surface area contributed by atoms with Gasteiger partial charge in [-0.05, 0) is 60.2 Å². The molecule has 1 amide bonds. The monoisotopic (exact) mass is 479 g/mol. The van der Waals surface area contributed by atoms with Crippen molar-refractivity contribution in [1.82, 2.24) is 0 Å². The maximum atomic E-state index is 12.4. The molecule has 0 unspecified atom stereocenters. The predicted molar refractivity (Wildman–Crippen MR) is 132 cm³/mol. The van der Waals surface area contributed by atoms with Gasteiger partial charge in [0, 0.05) is 31.2 Å². The number of methoxy groups -OCH3 is 2. The molecular weight excluding hydrogens is 450 g/mol. The van der Waals surface area contributed by atoms with E-state index in [0.29, 0.717) is 54.6 Å². The van der Waals surface area contributed by atoms with Gasteiger partial charge in [0.1, 0.15) is 17.2 Å². The minimum absolute atomic E-state index is 0.219. The van der Waals surface area contributed by atoms with Crippen LogP contribution in [-0.4, -0.2) is 50.5 Å². The number of benzene rings is 3. The van der Waals surface area contributed by atoms with Crippen molar-refractivity contribution < 1.29 is 33.6 Å². The van der Waals surface area contributed by atoms with Gasteiger partial charge in [-0.1, -0.05) is 18.2 Å². The Labute approximate surface area is 204 Å². The van der Waals surface area contributed by atoms with Crippen LogP contribution in [0.5, 0.6) is 17.2 Å². The van der Waals surface area contributed by atoms with Crippen molar-refractivity contribution in [3.8, 4) is 17.2 Å². The summed E-state index contributed by atoms with van der Waals surface area (Å²) in [6.07, 6.45) is 0.113. The number of carboxylic acid groups (broad SMARTS) is 1. The Morgan fingerprint density at radius 1 is 0.857 bits per heavy atom. The number of ether oxygens (including phenoxy) is 4. The zero-order valence-corrected chi connectivity index (χ0v) is 19.7. The van der Waals surface area contributed by atoms with Crippen molar-refractivity contribution in [2.24, 2.45) is 0 Å². The third-order valence-corrected chi connectivity index (χ3v) is 5.17. The summed E-state index contributed by atoms with van der Waals surface area (Å²) in [6.45, 7) is 0.950. The molecule has 0 bridgehead atoms. The van der Waals surface area contributed by atoms with E-state index in [1.54, 1.807) is 55.6 Å². The molecule has 0 aromatic heterocycles. The molecule has 3 aromatic rings. The molecule has 0 aliphatic rings. The highest BCUT2D eigenvalue weighted by atomic mass is 16.5. The van der Waals surface area contributed by atoms with Gasteiger partial charge >= 0.3 is 5.97 Å². The third kappa shape index (κ3) is 8.04. The largest absolute Gasteiger partial charge is 0.497 e. The van der Waals surface area contributed by atoms with Crippen molar-refractivity contribution in [2.45, 2.75) is 18.9 Å². The van der Waals surface area contributed by atoms with Gasteiger partial charge in [-0.2, -0.15) is 0 Å². The lowest BCUT2D eigenvalue weighted by Gasteiger charge is -2.11. The quantitative estimate of drug-likeness (QED) is 0.349. The van der Waals surface area contributed by atoms with Gasteiger partial charge in [0.2, 0.25) is 0 Å². The van der Waals surface area contributed by atoms with Gasteiger partial charge in [0.25, 0.3) is 5.91 Å². The van der Waals surface area contributed by atoms with Crippen LogP contribution in [0.25, 0.3) is 0 Å². The summed E-state index contributed by atoms with van der Waals surface area (Å²) in [5, 5.41) is 11.9. The number of carboxylic acids is 1. The van der Waals surface area contributed by atoms with Crippen LogP contribution in [0, 0.1) is 0 Å². The Morgan fingerprint density at radius 2 is 1.49 bits per heavy atom. The van der Waals surface area contributed by atoms with Crippen molar-refractivity contribution in [2.75, 3.05) is 32.8 Å². The Morgan fingerprint density at radius 3 is 2.06 bits per heavy atom. The summed E-state index contributed by atoms with van der Waals surface area (Å²) < 4.78 is 21.6. The van der Waals surface area contributed by atoms with Crippen LogP contribution in [0.3, 0.4) is 0 Å². The average Bonchev–Trinajstić information content (AvgIpc) is 2.88. The standard InChI is InChI=1S/C27H29NO7/c1-32-24-6-3-5-20(18-24)26(29)28-21-9-13-23(14-10-21)35-16-4-15-34-22-11-7-19(8-12-22)17-25(33-2)27(30)31/h3,5-14,18,25H,4,15-17H2,1-2H3,(H,28,29)(H,30,31)/t25-/m0/s1. The first-order valence-electron chi connectivity index (χ1n) is 11.1. The SMILES string of the molecule is COc1cccc(C(=O)Nc2ccc(OCCCOc3ccc(C[C@H](OC)C(=O)O)cc3)cc2)c1. The molecule has 0 aliphatic carbocycles. The van der Waals surface area contributed by atoms with E-state index in [2.05, 4.69) is 5.32 Å². The Hall–Kier alpha value is -4.04. The molecule has 0 spiro atoms. The maximum Gasteiger partial charge on any atom is 0.333 e. The van der Waals surface area contributed by atoms with Gasteiger partial charge in [-0.25, -0.2) is 4.79 Å². The number of carbonyl (C=O) groups excluding carboxylic acids is 1. The lowest BCUT2D eigenvalue weighted by atomic mass is 10.1. The number of carbonyl (C=O) groups is 2. The van der Waals surface area contributed by atoms with Gasteiger partial charge in [0.15, 0.2) is 6.10 Å². The highest BCUT2D eigenvalue weighted by molar-refractivity contribution is 6.04. The molecule has 184 valence electrons. The second-order valence-corrected chi connectivity index (χ2v) is 7.67. The number of rotatable bonds is 13. The van der Waals surface area contributed by atoms with Crippen molar-refractivity contribution in [3.63, 3.8) is 0 Å². The van der Waals surface area contributed by atoms with Crippen molar-refractivity contribution in [1.29, 1.82) is 0 Å². The summed E-state index contributed by atoms with van der Waals surface area (Å²) in [6, 6.07) is 21.4. The minimum atomic E-state index is -0.986. The summed E-state index contributed by atoms with van der Waals surface area (Å²) in [4.78, 5) is 23.5. The molecule has 8 nitrogen and oxygen atoms in total. The highest BCUT2D eigenvalue weighted by Gasteiger charge is 2.16. The normalized spacial score (nSPS) is 11.4. The first kappa shape index (κ1) is 25.6. The van der Waals surface area contributed by atoms with E-state index in [1.807, 2.05) is 24.3 Å². The van der Waals surface area contributed by atoms with Crippen LogP contribution in [0.15, 0.2) is 72.8 Å². The Balaban J connectivity index is 1.37. The topological polar surface area (TPSA) is 103 Å². The van der Waals surface area contributed by atoms with E-state index in [0.717, 1.165) is 5.56 Å². The molecular formula is C27H29NO7. The number of aliphatic carboxylic acids is 1. The molecule has 2 N–H and O–H groups in total. The summed E-state index contributed by atoms with van der Waals surface area (Å²) >= 11 is 0. The van der Waals surface area contributed by atoms with Crippen LogP contribution in [0.2, 0.25) is 0 Å². The number of nitrogens with one attached hydrogen (secondary N) is 1. The van der Waals surface area contributed by atoms with Crippen LogP contribution < -0.4 is 19.5 Å². The molecule has 3 rings (SSSR count). The predicted octanol–water partition coefficient (Wildman–Crippen LogP) is 4.44. The fourth-order valence-corrected chi connectivity index (χ4v) is 3.25. The lowest BCUT2D eigenvalue weighted by molar-refractivity contribution is -0.148. The lowest BCUT2D eigenvalue weighted by Crippen LogP contribution is -2.24. The van der Waals surface area contributed by atoms with Gasteiger partial charge in [-0.15, -0.1) is 0 Å². The summed E-state index contributed by atoms with van der Waals surface area (Å²) in [7, 11) is 2.94. The second-order valence-electron chi connectivity index (χ2n) is 7.67. The van der Waals surface area contributed by atoms with Gasteiger partial charge < -0.3 is 29.4 Å². The van der Waals surface area contributed by atoms with Crippen LogP contribution >= 0.6 is 0 Å². The van der Waals surface area contributed by atoms with Crippen LogP contribution in [0.4, 0.5) is 5.69 Å². The molecule has 0 heterocycles. The fraction of sp³-hybridized carbons (Fsp3) is 0.259. The smallest absolute Gasteiger partial charge is 0.333 e. The number of hydrogen-bond donors (Lipinski definition) is 2. The zero-order chi connectivity index (χ0) is 25.0. The highest BCUT2D eigenvalue weighted by Crippen LogP contribution is 2.19. The molecule has 0 aliphatic heterocycles. The Bertz CT molecular complexity index is 1100. The summed E-state index contributed by atoms with van der Waals surface area (Å²) in [5.41, 5.74) is 2.04. The molecule has 0 radical (unpaired) electrons. The zero-order valence-electron chi connectivity index (χ0n) is 19.7. The number of hydrogen-bond acceptors (Lipinski definition) is 6. The maximum absolute atomic E-state index is 12.4. The second kappa shape index (κ2) is 13.0. The molecule has 0 saturated heterocycles. The van der Waals surface area contributed by atoms with Crippen LogP contribution in [0.1, 0.15) is 22.3 Å². The van der Waals surface area contributed by atoms with Crippen molar-refractivity contribution >= 4 is 17.6 Å².